The Morgan fingerprint density at radius 3 is 2.17 bits per heavy atom. The summed E-state index contributed by atoms with van der Waals surface area (Å²) in [6, 6.07) is 30.3. The van der Waals surface area contributed by atoms with Crippen LogP contribution in [0.5, 0.6) is 0 Å². The number of aliphatic hydroxyl groups is 1. The van der Waals surface area contributed by atoms with Crippen molar-refractivity contribution >= 4 is 56.0 Å². The SMILES string of the molecule is CC(=O)/C=C(/C)O.[Ir].[c-]1csc2c1-c1ncc3ccccc3c1[Si]21c2ccccc2-c2ccccc21. The molecule has 36 heavy (non-hydrogen) atoms. The predicted octanol–water partition coefficient (Wildman–Crippen LogP) is 4.47. The van der Waals surface area contributed by atoms with E-state index in [1.807, 2.05) is 17.5 Å². The van der Waals surface area contributed by atoms with Crippen molar-refractivity contribution in [3.63, 3.8) is 0 Å². The van der Waals surface area contributed by atoms with Crippen LogP contribution in [0.15, 0.2) is 96.2 Å². The van der Waals surface area contributed by atoms with Crippen LogP contribution in [0.2, 0.25) is 0 Å². The maximum atomic E-state index is 10.0. The van der Waals surface area contributed by atoms with Crippen molar-refractivity contribution in [2.24, 2.45) is 0 Å². The van der Waals surface area contributed by atoms with Crippen LogP contribution in [0.1, 0.15) is 13.8 Å². The summed E-state index contributed by atoms with van der Waals surface area (Å²) in [5, 5.41) is 17.5. The number of hydrogen-bond donors (Lipinski definition) is 1. The minimum Gasteiger partial charge on any atom is -0.512 e. The van der Waals surface area contributed by atoms with E-state index >= 15 is 0 Å². The van der Waals surface area contributed by atoms with Gasteiger partial charge in [0.2, 0.25) is 0 Å². The van der Waals surface area contributed by atoms with Gasteiger partial charge in [-0.05, 0) is 51.8 Å². The van der Waals surface area contributed by atoms with Crippen molar-refractivity contribution in [1.82, 2.24) is 4.98 Å². The molecule has 179 valence electrons. The van der Waals surface area contributed by atoms with Gasteiger partial charge in [-0.1, -0.05) is 87.9 Å². The number of aromatic nitrogens is 1. The van der Waals surface area contributed by atoms with E-state index < -0.39 is 8.07 Å². The summed E-state index contributed by atoms with van der Waals surface area (Å²) in [6.45, 7) is 2.85. The standard InChI is InChI=1S/C25H14NSSi.C5H8O2.Ir/c1-2-8-17-16(7-1)15-26-23-20-13-14-27-25(20)28(24(17)23)21-11-5-3-9-18(21)19-10-4-6-12-22(19)28;1-4(6)3-5(2)7;/h1-12,14-15H;3,6H,1-2H3;/q-1;;/b;4-3-;. The first-order chi connectivity index (χ1) is 17.0. The number of allylic oxidation sites excluding steroid dienone is 2. The van der Waals surface area contributed by atoms with Crippen LogP contribution in [0.3, 0.4) is 0 Å². The molecule has 0 atom stereocenters. The summed E-state index contributed by atoms with van der Waals surface area (Å²) in [7, 11) is -2.34. The number of hydrogen-bond acceptors (Lipinski definition) is 4. The first kappa shape index (κ1) is 24.5. The fourth-order valence-electron chi connectivity index (χ4n) is 5.61. The van der Waals surface area contributed by atoms with Gasteiger partial charge in [-0.25, -0.2) is 11.3 Å². The number of ketones is 1. The molecular weight excluding hydrogens is 659 g/mol. The minimum atomic E-state index is -2.34. The van der Waals surface area contributed by atoms with E-state index in [-0.39, 0.29) is 31.6 Å². The molecule has 1 N–H and O–H groups in total. The second kappa shape index (κ2) is 9.38. The zero-order valence-corrected chi connectivity index (χ0v) is 23.9. The largest absolute Gasteiger partial charge is 0.512 e. The van der Waals surface area contributed by atoms with Crippen molar-refractivity contribution < 1.29 is 30.0 Å². The van der Waals surface area contributed by atoms with Crippen molar-refractivity contribution in [1.29, 1.82) is 0 Å². The molecule has 3 aromatic carbocycles. The predicted molar refractivity (Wildman–Crippen MR) is 147 cm³/mol. The van der Waals surface area contributed by atoms with Gasteiger partial charge >= 0.3 is 0 Å². The molecule has 0 unspecified atom stereocenters. The molecule has 1 spiro atoms. The molecule has 1 radical (unpaired) electrons. The van der Waals surface area contributed by atoms with Gasteiger partial charge in [0.05, 0.1) is 5.76 Å². The zero-order chi connectivity index (χ0) is 24.2. The van der Waals surface area contributed by atoms with Crippen LogP contribution in [0, 0.1) is 6.07 Å². The number of thiophene rings is 1. The molecule has 0 saturated carbocycles. The molecule has 3 nitrogen and oxygen atoms in total. The van der Waals surface area contributed by atoms with E-state index in [0.717, 1.165) is 5.69 Å². The first-order valence-electron chi connectivity index (χ1n) is 11.5. The number of benzene rings is 3. The second-order valence-corrected chi connectivity index (χ2v) is 13.7. The van der Waals surface area contributed by atoms with E-state index in [9.17, 15) is 4.79 Å². The van der Waals surface area contributed by atoms with E-state index in [4.69, 9.17) is 10.1 Å². The Morgan fingerprint density at radius 2 is 1.56 bits per heavy atom. The Bertz CT molecular complexity index is 1620. The summed E-state index contributed by atoms with van der Waals surface area (Å²) in [6.07, 6.45) is 3.20. The number of rotatable bonds is 1. The van der Waals surface area contributed by atoms with Crippen LogP contribution >= 0.6 is 11.3 Å². The number of nitrogens with zero attached hydrogens (tertiary/aromatic N) is 1. The molecule has 5 aromatic rings. The molecule has 0 bridgehead atoms. The topological polar surface area (TPSA) is 50.2 Å². The van der Waals surface area contributed by atoms with Crippen molar-refractivity contribution in [3.05, 3.63) is 102 Å². The van der Waals surface area contributed by atoms with Gasteiger partial charge < -0.3 is 10.1 Å². The smallest absolute Gasteiger partial charge is 0.155 e. The molecular formula is C30H22IrNO2SSi-. The van der Waals surface area contributed by atoms with Gasteiger partial charge in [0.1, 0.15) is 8.07 Å². The molecule has 4 heterocycles. The monoisotopic (exact) mass is 681 g/mol. The average molecular weight is 681 g/mol. The molecule has 6 heteroatoms. The summed E-state index contributed by atoms with van der Waals surface area (Å²) in [4.78, 5) is 15.0. The van der Waals surface area contributed by atoms with E-state index in [0.29, 0.717) is 0 Å². The number of carbonyl (C=O) groups excluding carboxylic acids is 1. The summed E-state index contributed by atoms with van der Waals surface area (Å²) in [5.74, 6) is -0.0625. The second-order valence-electron chi connectivity index (χ2n) is 8.89. The van der Waals surface area contributed by atoms with Crippen LogP contribution in [0.4, 0.5) is 0 Å². The quantitative estimate of drug-likeness (QED) is 0.121. The Hall–Kier alpha value is -3.15. The van der Waals surface area contributed by atoms with Crippen molar-refractivity contribution in [2.75, 3.05) is 0 Å². The Balaban J connectivity index is 0.000000297. The third-order valence-electron chi connectivity index (χ3n) is 6.72. The van der Waals surface area contributed by atoms with E-state index in [1.165, 1.54) is 67.4 Å². The molecule has 0 saturated heterocycles. The van der Waals surface area contributed by atoms with Crippen LogP contribution in [-0.4, -0.2) is 23.9 Å². The summed E-state index contributed by atoms with van der Waals surface area (Å²) >= 11 is 1.87. The third-order valence-corrected chi connectivity index (χ3v) is 13.3. The van der Waals surface area contributed by atoms with E-state index in [1.54, 1.807) is 0 Å². The molecule has 7 rings (SSSR count). The van der Waals surface area contributed by atoms with Gasteiger partial charge in [0, 0.05) is 32.4 Å². The number of pyridine rings is 1. The van der Waals surface area contributed by atoms with Gasteiger partial charge in [-0.3, -0.25) is 4.79 Å². The number of fused-ring (bicyclic) bond motifs is 12. The normalized spacial score (nSPS) is 13.7. The van der Waals surface area contributed by atoms with Gasteiger partial charge in [0.25, 0.3) is 0 Å². The number of carbonyl (C=O) groups is 1. The third kappa shape index (κ3) is 3.48. The number of aliphatic hydroxyl groups excluding tert-OH is 1. The molecule has 0 fully saturated rings. The molecule has 0 aliphatic carbocycles. The fraction of sp³-hybridized carbons (Fsp3) is 0.0667. The van der Waals surface area contributed by atoms with Crippen molar-refractivity contribution in [2.45, 2.75) is 13.8 Å². The van der Waals surface area contributed by atoms with Crippen LogP contribution in [-0.2, 0) is 24.9 Å². The molecule has 2 aliphatic rings. The van der Waals surface area contributed by atoms with Gasteiger partial charge in [0.15, 0.2) is 5.78 Å². The Kier molecular flexibility index (Phi) is 6.39. The maximum absolute atomic E-state index is 10.0. The zero-order valence-electron chi connectivity index (χ0n) is 19.7. The summed E-state index contributed by atoms with van der Waals surface area (Å²) in [5.41, 5.74) is 5.16. The van der Waals surface area contributed by atoms with Crippen LogP contribution < -0.4 is 20.1 Å². The van der Waals surface area contributed by atoms with Crippen LogP contribution in [0.25, 0.3) is 33.2 Å². The molecule has 0 amide bonds. The maximum Gasteiger partial charge on any atom is 0.155 e. The summed E-state index contributed by atoms with van der Waals surface area (Å²) < 4.78 is 1.49. The van der Waals surface area contributed by atoms with Crippen molar-refractivity contribution in [3.8, 4) is 22.4 Å². The minimum absolute atomic E-state index is 0. The van der Waals surface area contributed by atoms with E-state index in [2.05, 4.69) is 84.2 Å². The Labute approximate surface area is 228 Å². The van der Waals surface area contributed by atoms with Gasteiger partial charge in [-0.2, -0.15) is 11.6 Å². The average Bonchev–Trinajstić information content (AvgIpc) is 3.52. The first-order valence-corrected chi connectivity index (χ1v) is 14.4. The molecule has 2 aliphatic heterocycles. The fourth-order valence-corrected chi connectivity index (χ4v) is 13.3. The Morgan fingerprint density at radius 1 is 0.944 bits per heavy atom. The van der Waals surface area contributed by atoms with Gasteiger partial charge in [-0.15, -0.1) is 0 Å². The molecule has 2 aromatic heterocycles.